The van der Waals surface area contributed by atoms with Gasteiger partial charge in [-0.25, -0.2) is 8.42 Å². The number of hydrogen-bond acceptors (Lipinski definition) is 4. The first-order chi connectivity index (χ1) is 8.93. The summed E-state index contributed by atoms with van der Waals surface area (Å²) in [5.74, 6) is 1.30. The molecule has 0 aliphatic carbocycles. The largest absolute Gasteiger partial charge is 0.491 e. The van der Waals surface area contributed by atoms with Crippen LogP contribution in [0.5, 0.6) is 5.75 Å². The topological polar surface area (TPSA) is 55.4 Å². The predicted molar refractivity (Wildman–Crippen MR) is 79.6 cm³/mol. The molecule has 0 radical (unpaired) electrons. The van der Waals surface area contributed by atoms with Crippen molar-refractivity contribution in [3.8, 4) is 5.75 Å². The highest BCUT2D eigenvalue weighted by molar-refractivity contribution is 7.91. The summed E-state index contributed by atoms with van der Waals surface area (Å²) < 4.78 is 28.2. The molecule has 4 nitrogen and oxygen atoms in total. The quantitative estimate of drug-likeness (QED) is 0.746. The van der Waals surface area contributed by atoms with E-state index in [1.165, 1.54) is 0 Å². The van der Waals surface area contributed by atoms with Gasteiger partial charge in [0.2, 0.25) is 0 Å². The summed E-state index contributed by atoms with van der Waals surface area (Å²) in [6, 6.07) is 7.69. The van der Waals surface area contributed by atoms with E-state index in [0.29, 0.717) is 13.0 Å². The first-order valence-electron chi connectivity index (χ1n) is 6.64. The van der Waals surface area contributed by atoms with Crippen LogP contribution in [-0.2, 0) is 9.84 Å². The average molecular weight is 285 g/mol. The molecule has 1 N–H and O–H groups in total. The summed E-state index contributed by atoms with van der Waals surface area (Å²) in [6.45, 7) is 6.31. The predicted octanol–water partition coefficient (Wildman–Crippen LogP) is 2.71. The van der Waals surface area contributed by atoms with Gasteiger partial charge in [-0.05, 0) is 44.5 Å². The Balaban J connectivity index is 2.34. The third kappa shape index (κ3) is 6.47. The average Bonchev–Trinajstić information content (AvgIpc) is 2.36. The van der Waals surface area contributed by atoms with Gasteiger partial charge in [-0.2, -0.15) is 0 Å². The van der Waals surface area contributed by atoms with Crippen LogP contribution in [0.2, 0.25) is 0 Å². The van der Waals surface area contributed by atoms with Crippen molar-refractivity contribution in [1.82, 2.24) is 0 Å². The minimum absolute atomic E-state index is 0.165. The van der Waals surface area contributed by atoms with Gasteiger partial charge in [-0.3, -0.25) is 0 Å². The fourth-order valence-corrected chi connectivity index (χ4v) is 2.47. The van der Waals surface area contributed by atoms with Gasteiger partial charge in [0.25, 0.3) is 0 Å². The van der Waals surface area contributed by atoms with Gasteiger partial charge in [0.1, 0.15) is 15.6 Å². The van der Waals surface area contributed by atoms with Crippen LogP contribution in [0.1, 0.15) is 27.2 Å². The molecule has 108 valence electrons. The van der Waals surface area contributed by atoms with E-state index in [0.717, 1.165) is 11.4 Å². The molecule has 0 bridgehead atoms. The Labute approximate surface area is 116 Å². The molecule has 19 heavy (non-hydrogen) atoms. The Kier molecular flexibility index (Phi) is 6.15. The molecule has 1 aromatic rings. The second-order valence-electron chi connectivity index (χ2n) is 4.71. The summed E-state index contributed by atoms with van der Waals surface area (Å²) in [5, 5.41) is 3.20. The van der Waals surface area contributed by atoms with Crippen molar-refractivity contribution in [3.63, 3.8) is 0 Å². The van der Waals surface area contributed by atoms with Crippen LogP contribution in [-0.4, -0.2) is 32.6 Å². The molecule has 0 aliphatic heterocycles. The third-order valence-corrected chi connectivity index (χ3v) is 4.42. The van der Waals surface area contributed by atoms with Gasteiger partial charge in [-0.15, -0.1) is 0 Å². The molecule has 0 unspecified atom stereocenters. The fraction of sp³-hybridized carbons (Fsp3) is 0.571. The molecule has 1 aromatic carbocycles. The van der Waals surface area contributed by atoms with Gasteiger partial charge in [0.15, 0.2) is 0 Å². The Morgan fingerprint density at radius 1 is 1.21 bits per heavy atom. The first kappa shape index (κ1) is 15.8. The normalized spacial score (nSPS) is 11.6. The maximum atomic E-state index is 11.3. The molecule has 0 saturated heterocycles. The second kappa shape index (κ2) is 7.38. The maximum absolute atomic E-state index is 11.3. The lowest BCUT2D eigenvalue weighted by atomic mass is 10.3. The van der Waals surface area contributed by atoms with E-state index in [2.05, 4.69) is 5.32 Å². The number of hydrogen-bond donors (Lipinski definition) is 1. The molecule has 0 heterocycles. The van der Waals surface area contributed by atoms with E-state index in [9.17, 15) is 8.42 Å². The Morgan fingerprint density at radius 3 is 2.37 bits per heavy atom. The van der Waals surface area contributed by atoms with Crippen LogP contribution in [0.4, 0.5) is 5.69 Å². The van der Waals surface area contributed by atoms with Crippen molar-refractivity contribution >= 4 is 15.5 Å². The van der Waals surface area contributed by atoms with E-state index >= 15 is 0 Å². The highest BCUT2D eigenvalue weighted by Crippen LogP contribution is 2.16. The van der Waals surface area contributed by atoms with Crippen molar-refractivity contribution in [2.45, 2.75) is 33.3 Å². The van der Waals surface area contributed by atoms with Crippen LogP contribution in [0, 0.1) is 0 Å². The van der Waals surface area contributed by atoms with Crippen molar-refractivity contribution in [2.24, 2.45) is 0 Å². The Hall–Kier alpha value is -1.23. The van der Waals surface area contributed by atoms with E-state index in [4.69, 9.17) is 4.74 Å². The zero-order chi connectivity index (χ0) is 14.3. The summed E-state index contributed by atoms with van der Waals surface area (Å²) in [5.41, 5.74) is 0.977. The molecule has 0 fully saturated rings. The highest BCUT2D eigenvalue weighted by atomic mass is 32.2. The van der Waals surface area contributed by atoms with E-state index < -0.39 is 9.84 Å². The molecule has 5 heteroatoms. The molecule has 0 aliphatic rings. The van der Waals surface area contributed by atoms with Gasteiger partial charge < -0.3 is 10.1 Å². The van der Waals surface area contributed by atoms with E-state index in [1.807, 2.05) is 38.1 Å². The van der Waals surface area contributed by atoms with Crippen molar-refractivity contribution in [2.75, 3.05) is 23.4 Å². The fourth-order valence-electron chi connectivity index (χ4n) is 1.59. The van der Waals surface area contributed by atoms with Crippen molar-refractivity contribution < 1.29 is 13.2 Å². The molecule has 0 spiro atoms. The van der Waals surface area contributed by atoms with Crippen LogP contribution >= 0.6 is 0 Å². The molecular formula is C14H23NO3S. The van der Waals surface area contributed by atoms with Gasteiger partial charge in [-0.1, -0.05) is 6.92 Å². The number of rotatable bonds is 8. The van der Waals surface area contributed by atoms with Crippen molar-refractivity contribution in [1.29, 1.82) is 0 Å². The SMILES string of the molecule is CCS(=O)(=O)CCCNc1ccc(OC(C)C)cc1. The molecule has 0 saturated carbocycles. The van der Waals surface area contributed by atoms with Gasteiger partial charge in [0, 0.05) is 18.0 Å². The monoisotopic (exact) mass is 285 g/mol. The number of benzene rings is 1. The zero-order valence-corrected chi connectivity index (χ0v) is 12.7. The summed E-state index contributed by atoms with van der Waals surface area (Å²) in [7, 11) is -2.85. The number of sulfone groups is 1. The molecular weight excluding hydrogens is 262 g/mol. The smallest absolute Gasteiger partial charge is 0.150 e. The minimum Gasteiger partial charge on any atom is -0.491 e. The summed E-state index contributed by atoms with van der Waals surface area (Å²) >= 11 is 0. The highest BCUT2D eigenvalue weighted by Gasteiger charge is 2.06. The maximum Gasteiger partial charge on any atom is 0.150 e. The van der Waals surface area contributed by atoms with Gasteiger partial charge >= 0.3 is 0 Å². The lowest BCUT2D eigenvalue weighted by Crippen LogP contribution is -2.12. The van der Waals surface area contributed by atoms with Crippen LogP contribution in [0.3, 0.4) is 0 Å². The molecule has 0 amide bonds. The van der Waals surface area contributed by atoms with Gasteiger partial charge in [0.05, 0.1) is 11.9 Å². The zero-order valence-electron chi connectivity index (χ0n) is 11.8. The number of nitrogens with one attached hydrogen (secondary N) is 1. The molecule has 0 atom stereocenters. The number of anilines is 1. The summed E-state index contributed by atoms with van der Waals surface area (Å²) in [4.78, 5) is 0. The second-order valence-corrected chi connectivity index (χ2v) is 7.18. The van der Waals surface area contributed by atoms with Crippen LogP contribution < -0.4 is 10.1 Å². The number of ether oxygens (including phenoxy) is 1. The third-order valence-electron chi connectivity index (χ3n) is 2.63. The Bertz CT molecular complexity index is 466. The first-order valence-corrected chi connectivity index (χ1v) is 8.46. The minimum atomic E-state index is -2.85. The van der Waals surface area contributed by atoms with Crippen LogP contribution in [0.25, 0.3) is 0 Å². The van der Waals surface area contributed by atoms with Crippen LogP contribution in [0.15, 0.2) is 24.3 Å². The standard InChI is InChI=1S/C14H23NO3S/c1-4-19(16,17)11-5-10-15-13-6-8-14(9-7-13)18-12(2)3/h6-9,12,15H,4-5,10-11H2,1-3H3. The van der Waals surface area contributed by atoms with E-state index in [1.54, 1.807) is 6.92 Å². The Morgan fingerprint density at radius 2 is 1.84 bits per heavy atom. The van der Waals surface area contributed by atoms with E-state index in [-0.39, 0.29) is 17.6 Å². The molecule has 1 rings (SSSR count). The molecule has 0 aromatic heterocycles. The lowest BCUT2D eigenvalue weighted by Gasteiger charge is -2.11. The lowest BCUT2D eigenvalue weighted by molar-refractivity contribution is 0.242. The summed E-state index contributed by atoms with van der Waals surface area (Å²) in [6.07, 6.45) is 0.790. The van der Waals surface area contributed by atoms with Crippen molar-refractivity contribution in [3.05, 3.63) is 24.3 Å².